The molecule has 8 atom stereocenters. The lowest BCUT2D eigenvalue weighted by molar-refractivity contribution is -0.140. The molecule has 0 spiro atoms. The normalized spacial score (nSPS) is 20.7. The molecular formula is C84H76Br4F4N14O11S4. The molecule has 8 aliphatic rings. The standard InChI is InChI=1S/2C21H18BrFN4O2S.C21H19BrFN3O4S.C21H21BrFN3O3S/c2*1-2-29-21(28)17-16-9-12(5-6-24)11-27(16)19(20-25-7-8-30-20)26-18(17)14-4-3-13(23)10-15(14)22;1-2-30-21(29)17-15-7-11(8-16(27)28)10-26(15)19(20-24-5-6-31-20)25-18(17)13-4-3-12(23)9-14(13)22;1-3-29-21(27)17-16-8-12(11-28-2)10-26(16)19(20-24-6-7-30-20)25-18(17)14-5-4-13(23)9-15(14)22/h2*3-4,7-8,10,12,18H,2,5,9,11H2,1H3;3-6,9,11,18H,2,7-8,10H2,1H3,(H,27,28);4-7,9,12,18H,3,8,10-11H2,1-2H3/t2*12-,18?;11-,18-;/m110./s1. The Kier molecular flexibility index (Phi) is 29.7. The third kappa shape index (κ3) is 19.8. The number of carboxylic acids is 1. The number of nitriles is 2. The van der Waals surface area contributed by atoms with Crippen LogP contribution in [0.1, 0.15) is 139 Å². The van der Waals surface area contributed by atoms with E-state index in [1.54, 1.807) is 83.9 Å². The number of nitrogens with zero attached hydrogens (tertiary/aromatic N) is 14. The van der Waals surface area contributed by atoms with Crippen molar-refractivity contribution in [2.45, 2.75) is 96.8 Å². The van der Waals surface area contributed by atoms with Gasteiger partial charge in [0, 0.05) is 139 Å². The number of esters is 4. The van der Waals surface area contributed by atoms with Gasteiger partial charge in [-0.3, -0.25) is 24.8 Å². The first-order valence-corrected chi connectivity index (χ1v) is 45.0. The number of methoxy groups -OCH3 is 1. The molecule has 0 amide bonds. The van der Waals surface area contributed by atoms with Crippen LogP contribution in [0.25, 0.3) is 0 Å². The van der Waals surface area contributed by atoms with Crippen LogP contribution in [0.2, 0.25) is 0 Å². The second-order valence-electron chi connectivity index (χ2n) is 28.3. The number of carbonyl (C=O) groups excluding carboxylic acids is 4. The third-order valence-corrected chi connectivity index (χ3v) is 26.3. The van der Waals surface area contributed by atoms with Crippen molar-refractivity contribution in [2.75, 3.05) is 66.3 Å². The zero-order valence-electron chi connectivity index (χ0n) is 65.4. The number of carboxylic acid groups (broad SMARTS) is 1. The fraction of sp³-hybridized carbons (Fsp3) is 0.345. The van der Waals surface area contributed by atoms with Gasteiger partial charge in [0.1, 0.15) is 47.4 Å². The smallest absolute Gasteiger partial charge is 0.338 e. The maximum Gasteiger partial charge on any atom is 0.338 e. The molecule has 4 aromatic carbocycles. The van der Waals surface area contributed by atoms with Crippen LogP contribution in [-0.2, 0) is 47.7 Å². The Balaban J connectivity index is 0.000000139. The topological polar surface area (TPSA) is 313 Å². The number of amidine groups is 4. The highest BCUT2D eigenvalue weighted by Gasteiger charge is 2.48. The fourth-order valence-corrected chi connectivity index (χ4v) is 20.5. The highest BCUT2D eigenvalue weighted by Crippen LogP contribution is 2.50. The van der Waals surface area contributed by atoms with Gasteiger partial charge in [0.05, 0.1) is 73.9 Å². The number of benzene rings is 4. The van der Waals surface area contributed by atoms with Gasteiger partial charge >= 0.3 is 29.8 Å². The monoisotopic (exact) mass is 1980 g/mol. The average Bonchev–Trinajstić information content (AvgIpc) is 1.63. The summed E-state index contributed by atoms with van der Waals surface area (Å²) in [6, 6.07) is 19.1. The number of aromatic nitrogens is 4. The minimum Gasteiger partial charge on any atom is -0.481 e. The van der Waals surface area contributed by atoms with E-state index in [4.69, 9.17) is 43.7 Å². The van der Waals surface area contributed by atoms with Crippen LogP contribution in [-0.4, -0.2) is 164 Å². The van der Waals surface area contributed by atoms with Crippen molar-refractivity contribution >= 4 is 162 Å². The molecule has 4 unspecified atom stereocenters. The van der Waals surface area contributed by atoms with E-state index in [9.17, 15) is 57.2 Å². The Hall–Kier alpha value is -9.83. The molecule has 0 aliphatic carbocycles. The van der Waals surface area contributed by atoms with E-state index in [1.165, 1.54) is 93.9 Å². The molecular weight excluding hydrogens is 1900 g/mol. The minimum atomic E-state index is -0.895. The molecule has 1 N–H and O–H groups in total. The number of allylic oxidation sites excluding steroid dienone is 4. The van der Waals surface area contributed by atoms with Gasteiger partial charge in [0.15, 0.2) is 43.4 Å². The predicted molar refractivity (Wildman–Crippen MR) is 460 cm³/mol. The highest BCUT2D eigenvalue weighted by molar-refractivity contribution is 9.11. The van der Waals surface area contributed by atoms with Gasteiger partial charge < -0.3 is 48.4 Å². The summed E-state index contributed by atoms with van der Waals surface area (Å²) < 4.78 is 83.9. The molecule has 12 heterocycles. The summed E-state index contributed by atoms with van der Waals surface area (Å²) in [6.07, 6.45) is 9.77. The van der Waals surface area contributed by atoms with Gasteiger partial charge in [-0.15, -0.1) is 45.3 Å². The molecule has 4 saturated heterocycles. The quantitative estimate of drug-likeness (QED) is 0.0374. The molecule has 4 aromatic heterocycles. The zero-order valence-corrected chi connectivity index (χ0v) is 75.0. The van der Waals surface area contributed by atoms with Gasteiger partial charge in [-0.1, -0.05) is 88.0 Å². The first kappa shape index (κ1) is 88.9. The summed E-state index contributed by atoms with van der Waals surface area (Å²) in [4.78, 5) is 109. The Bertz CT molecular complexity index is 5430. The maximum absolute atomic E-state index is 13.7. The Morgan fingerprint density at radius 1 is 0.430 bits per heavy atom. The summed E-state index contributed by atoms with van der Waals surface area (Å²) in [5, 5.41) is 38.1. The van der Waals surface area contributed by atoms with Crippen molar-refractivity contribution in [1.29, 1.82) is 10.5 Å². The van der Waals surface area contributed by atoms with Crippen LogP contribution < -0.4 is 0 Å². The second-order valence-corrected chi connectivity index (χ2v) is 35.3. The number of carbonyl (C=O) groups is 5. The molecule has 0 bridgehead atoms. The first-order valence-electron chi connectivity index (χ1n) is 38.3. The number of halogens is 8. The third-order valence-electron chi connectivity index (χ3n) is 20.5. The number of ether oxygens (including phenoxy) is 5. The molecule has 121 heavy (non-hydrogen) atoms. The number of fused-ring (bicyclic) bond motifs is 4. The van der Waals surface area contributed by atoms with Crippen LogP contribution in [0.3, 0.4) is 0 Å². The largest absolute Gasteiger partial charge is 0.481 e. The number of hydrogen-bond donors (Lipinski definition) is 1. The SMILES string of the molecule is CCOC(=O)C1=C2CC(COC)CN2C(c2nccs2)=NC1c1ccc(F)cc1Br.CCOC(=O)C1=C2C[C@@H](CC#N)CN2C(c2nccs2)=NC1c1ccc(F)cc1Br.CCOC(=O)C1=C2C[C@@H](CC#N)CN2C(c2nccs2)=NC1c1ccc(F)cc1Br.CCOC(=O)C1=C2C[C@@H](CC(=O)O)CN2C(c2nccs2)=N[C@H]1c1ccc(F)cc1Br. The number of aliphatic carboxylic acids is 1. The minimum absolute atomic E-state index is 0.0217. The number of rotatable bonds is 22. The van der Waals surface area contributed by atoms with E-state index < -0.39 is 59.8 Å². The van der Waals surface area contributed by atoms with E-state index in [0.717, 1.165) is 32.1 Å². The fourth-order valence-electron chi connectivity index (χ4n) is 15.6. The molecule has 37 heteroatoms. The van der Waals surface area contributed by atoms with Gasteiger partial charge in [-0.05, 0) is 142 Å². The second kappa shape index (κ2) is 40.4. The van der Waals surface area contributed by atoms with Crippen molar-refractivity contribution in [3.63, 3.8) is 0 Å². The summed E-state index contributed by atoms with van der Waals surface area (Å²) in [6.45, 7) is 10.8. The van der Waals surface area contributed by atoms with Gasteiger partial charge in [-0.2, -0.15) is 10.5 Å². The van der Waals surface area contributed by atoms with Crippen LogP contribution in [0.15, 0.2) is 202 Å². The Labute approximate surface area is 743 Å². The summed E-state index contributed by atoms with van der Waals surface area (Å²) in [5.41, 5.74) is 7.53. The molecule has 25 nitrogen and oxygen atoms in total. The number of aliphatic imine (C=N–C) groups is 4. The molecule has 628 valence electrons. The van der Waals surface area contributed by atoms with E-state index >= 15 is 0 Å². The summed E-state index contributed by atoms with van der Waals surface area (Å²) >= 11 is 19.5. The average molecular weight is 1980 g/mol. The lowest BCUT2D eigenvalue weighted by Gasteiger charge is -2.32. The van der Waals surface area contributed by atoms with Crippen LogP contribution >= 0.6 is 109 Å². The van der Waals surface area contributed by atoms with Crippen molar-refractivity contribution in [2.24, 2.45) is 43.6 Å². The molecule has 8 aliphatic heterocycles. The van der Waals surface area contributed by atoms with E-state index in [2.05, 4.69) is 101 Å². The molecule has 8 aromatic rings. The first-order chi connectivity index (χ1) is 58.5. The van der Waals surface area contributed by atoms with Crippen molar-refractivity contribution in [3.8, 4) is 12.1 Å². The molecule has 0 saturated carbocycles. The number of hydrogen-bond acceptors (Lipinski definition) is 28. The summed E-state index contributed by atoms with van der Waals surface area (Å²) in [7, 11) is 1.67. The zero-order chi connectivity index (χ0) is 85.9. The van der Waals surface area contributed by atoms with E-state index in [1.807, 2.05) is 36.2 Å². The summed E-state index contributed by atoms with van der Waals surface area (Å²) in [5.74, 6) is -1.43. The highest BCUT2D eigenvalue weighted by atomic mass is 79.9. The molecule has 4 fully saturated rings. The lowest BCUT2D eigenvalue weighted by atomic mass is 9.93. The maximum atomic E-state index is 13.7. The lowest BCUT2D eigenvalue weighted by Crippen LogP contribution is -2.35. The Morgan fingerprint density at radius 2 is 0.686 bits per heavy atom. The van der Waals surface area contributed by atoms with Crippen LogP contribution in [0, 0.1) is 69.6 Å². The van der Waals surface area contributed by atoms with E-state index in [-0.39, 0.29) is 74.0 Å². The molecule has 16 rings (SSSR count). The molecule has 0 radical (unpaired) electrons. The predicted octanol–water partition coefficient (Wildman–Crippen LogP) is 17.7. The Morgan fingerprint density at radius 3 is 0.917 bits per heavy atom. The van der Waals surface area contributed by atoms with Gasteiger partial charge in [0.25, 0.3) is 0 Å². The van der Waals surface area contributed by atoms with E-state index in [0.29, 0.717) is 168 Å². The van der Waals surface area contributed by atoms with Crippen LogP contribution in [0.5, 0.6) is 0 Å². The van der Waals surface area contributed by atoms with Gasteiger partial charge in [0.2, 0.25) is 0 Å². The van der Waals surface area contributed by atoms with Crippen LogP contribution in [0.4, 0.5) is 17.6 Å². The van der Waals surface area contributed by atoms with Crippen molar-refractivity contribution in [3.05, 3.63) is 248 Å². The van der Waals surface area contributed by atoms with Crippen molar-refractivity contribution < 1.29 is 70.3 Å². The van der Waals surface area contributed by atoms with Gasteiger partial charge in [-0.25, -0.2) is 56.7 Å². The number of thiazole rings is 4. The van der Waals surface area contributed by atoms with Crippen molar-refractivity contribution in [1.82, 2.24) is 39.5 Å².